The molecule has 1 aromatic rings. The van der Waals surface area contributed by atoms with Gasteiger partial charge in [-0.3, -0.25) is 0 Å². The molecule has 3 nitrogen and oxygen atoms in total. The Bertz CT molecular complexity index is 370. The summed E-state index contributed by atoms with van der Waals surface area (Å²) in [6.07, 6.45) is 2.49. The number of halogens is 1. The number of rotatable bonds is 3. The number of nitrogen functional groups attached to an aromatic ring is 1. The van der Waals surface area contributed by atoms with Crippen LogP contribution in [-0.4, -0.2) is 17.8 Å². The van der Waals surface area contributed by atoms with Crippen molar-refractivity contribution in [2.24, 2.45) is 5.92 Å². The molecule has 1 aromatic carbocycles. The lowest BCUT2D eigenvalue weighted by Gasteiger charge is -2.12. The van der Waals surface area contributed by atoms with Gasteiger partial charge in [0, 0.05) is 12.2 Å². The van der Waals surface area contributed by atoms with Crippen molar-refractivity contribution in [2.45, 2.75) is 25.4 Å². The van der Waals surface area contributed by atoms with Gasteiger partial charge in [-0.2, -0.15) is 0 Å². The Labute approximate surface area is 94.5 Å². The third kappa shape index (κ3) is 2.64. The maximum absolute atomic E-state index is 13.4. The number of aliphatic hydroxyl groups excluding tert-OH is 1. The molecule has 0 saturated heterocycles. The highest BCUT2D eigenvalue weighted by atomic mass is 19.1. The smallest absolute Gasteiger partial charge is 0.148 e. The fourth-order valence-electron chi connectivity index (χ4n) is 2.16. The van der Waals surface area contributed by atoms with Gasteiger partial charge in [-0.05, 0) is 43.4 Å². The Balaban J connectivity index is 1.89. The van der Waals surface area contributed by atoms with Crippen LogP contribution in [0.1, 0.15) is 19.3 Å². The highest BCUT2D eigenvalue weighted by molar-refractivity contribution is 5.52. The Morgan fingerprint density at radius 1 is 1.44 bits per heavy atom. The van der Waals surface area contributed by atoms with Crippen LogP contribution in [0.25, 0.3) is 0 Å². The van der Waals surface area contributed by atoms with Gasteiger partial charge in [-0.15, -0.1) is 0 Å². The zero-order valence-electron chi connectivity index (χ0n) is 9.12. The Hall–Kier alpha value is -1.29. The summed E-state index contributed by atoms with van der Waals surface area (Å²) >= 11 is 0. The molecule has 0 radical (unpaired) electrons. The summed E-state index contributed by atoms with van der Waals surface area (Å²) in [5.74, 6) is 0.116. The Morgan fingerprint density at radius 2 is 2.25 bits per heavy atom. The lowest BCUT2D eigenvalue weighted by atomic mass is 10.1. The van der Waals surface area contributed by atoms with E-state index in [1.807, 2.05) is 0 Å². The summed E-state index contributed by atoms with van der Waals surface area (Å²) in [5, 5.41) is 12.4. The number of aliphatic hydroxyl groups is 1. The summed E-state index contributed by atoms with van der Waals surface area (Å²) < 4.78 is 13.4. The van der Waals surface area contributed by atoms with Crippen LogP contribution in [0, 0.1) is 11.7 Å². The largest absolute Gasteiger partial charge is 0.399 e. The lowest BCUT2D eigenvalue weighted by Crippen LogP contribution is -2.13. The first kappa shape index (κ1) is 11.2. The molecule has 1 aliphatic rings. The number of anilines is 2. The molecule has 16 heavy (non-hydrogen) atoms. The van der Waals surface area contributed by atoms with E-state index in [1.54, 1.807) is 12.1 Å². The minimum Gasteiger partial charge on any atom is -0.399 e. The van der Waals surface area contributed by atoms with Gasteiger partial charge in [0.05, 0.1) is 11.8 Å². The van der Waals surface area contributed by atoms with Crippen LogP contribution < -0.4 is 11.1 Å². The first-order chi connectivity index (χ1) is 7.65. The Morgan fingerprint density at radius 3 is 2.88 bits per heavy atom. The molecule has 0 bridgehead atoms. The van der Waals surface area contributed by atoms with E-state index in [9.17, 15) is 9.50 Å². The van der Waals surface area contributed by atoms with Crippen LogP contribution in [0.4, 0.5) is 15.8 Å². The van der Waals surface area contributed by atoms with Crippen molar-refractivity contribution in [2.75, 3.05) is 17.6 Å². The molecule has 2 unspecified atom stereocenters. The first-order valence-corrected chi connectivity index (χ1v) is 5.62. The number of nitrogens with one attached hydrogen (secondary N) is 1. The molecule has 0 spiro atoms. The van der Waals surface area contributed by atoms with Crippen molar-refractivity contribution in [1.82, 2.24) is 0 Å². The van der Waals surface area contributed by atoms with Crippen LogP contribution in [0.2, 0.25) is 0 Å². The SMILES string of the molecule is Nc1ccc(NCC2CCC(O)C2)c(F)c1. The molecule has 4 heteroatoms. The summed E-state index contributed by atoms with van der Waals surface area (Å²) in [5.41, 5.74) is 6.38. The molecular weight excluding hydrogens is 207 g/mol. The quantitative estimate of drug-likeness (QED) is 0.688. The number of benzene rings is 1. The number of hydrogen-bond acceptors (Lipinski definition) is 3. The molecule has 0 aromatic heterocycles. The molecular formula is C12H17FN2O. The second-order valence-electron chi connectivity index (χ2n) is 4.45. The van der Waals surface area contributed by atoms with E-state index in [1.165, 1.54) is 6.07 Å². The predicted octanol–water partition coefficient (Wildman–Crippen LogP) is 1.98. The van der Waals surface area contributed by atoms with Crippen molar-refractivity contribution in [3.63, 3.8) is 0 Å². The zero-order chi connectivity index (χ0) is 11.5. The molecule has 0 aliphatic heterocycles. The van der Waals surface area contributed by atoms with Gasteiger partial charge < -0.3 is 16.2 Å². The first-order valence-electron chi connectivity index (χ1n) is 5.62. The third-order valence-electron chi connectivity index (χ3n) is 3.09. The molecule has 4 N–H and O–H groups in total. The van der Waals surface area contributed by atoms with Gasteiger partial charge in [-0.1, -0.05) is 0 Å². The zero-order valence-corrected chi connectivity index (χ0v) is 9.12. The Kier molecular flexibility index (Phi) is 3.29. The minimum absolute atomic E-state index is 0.178. The monoisotopic (exact) mass is 224 g/mol. The summed E-state index contributed by atoms with van der Waals surface area (Å²) in [6.45, 7) is 0.706. The van der Waals surface area contributed by atoms with Gasteiger partial charge in [0.15, 0.2) is 0 Å². The van der Waals surface area contributed by atoms with E-state index in [2.05, 4.69) is 5.32 Å². The molecule has 0 amide bonds. The van der Waals surface area contributed by atoms with Gasteiger partial charge in [-0.25, -0.2) is 4.39 Å². The van der Waals surface area contributed by atoms with Crippen molar-refractivity contribution in [3.8, 4) is 0 Å². The van der Waals surface area contributed by atoms with Crippen molar-refractivity contribution in [1.29, 1.82) is 0 Å². The van der Waals surface area contributed by atoms with E-state index in [0.717, 1.165) is 19.3 Å². The van der Waals surface area contributed by atoms with Gasteiger partial charge in [0.1, 0.15) is 5.82 Å². The topological polar surface area (TPSA) is 58.3 Å². The predicted molar refractivity (Wildman–Crippen MR) is 62.6 cm³/mol. The highest BCUT2D eigenvalue weighted by Crippen LogP contribution is 2.26. The van der Waals surface area contributed by atoms with E-state index >= 15 is 0 Å². The van der Waals surface area contributed by atoms with Crippen LogP contribution in [0.15, 0.2) is 18.2 Å². The fraction of sp³-hybridized carbons (Fsp3) is 0.500. The molecule has 1 aliphatic carbocycles. The van der Waals surface area contributed by atoms with Gasteiger partial charge in [0.25, 0.3) is 0 Å². The van der Waals surface area contributed by atoms with E-state index < -0.39 is 0 Å². The molecule has 2 atom stereocenters. The van der Waals surface area contributed by atoms with Gasteiger partial charge >= 0.3 is 0 Å². The van der Waals surface area contributed by atoms with Gasteiger partial charge in [0.2, 0.25) is 0 Å². The van der Waals surface area contributed by atoms with Crippen LogP contribution in [-0.2, 0) is 0 Å². The average molecular weight is 224 g/mol. The van der Waals surface area contributed by atoms with E-state index in [-0.39, 0.29) is 11.9 Å². The second kappa shape index (κ2) is 4.70. The molecule has 1 saturated carbocycles. The summed E-state index contributed by atoms with van der Waals surface area (Å²) in [6, 6.07) is 4.64. The van der Waals surface area contributed by atoms with E-state index in [0.29, 0.717) is 23.8 Å². The summed E-state index contributed by atoms with van der Waals surface area (Å²) in [4.78, 5) is 0. The molecule has 2 rings (SSSR count). The van der Waals surface area contributed by atoms with Crippen molar-refractivity contribution >= 4 is 11.4 Å². The van der Waals surface area contributed by atoms with Crippen LogP contribution in [0.5, 0.6) is 0 Å². The minimum atomic E-state index is -0.321. The number of hydrogen-bond donors (Lipinski definition) is 3. The molecule has 0 heterocycles. The second-order valence-corrected chi connectivity index (χ2v) is 4.45. The van der Waals surface area contributed by atoms with Crippen LogP contribution >= 0.6 is 0 Å². The summed E-state index contributed by atoms with van der Waals surface area (Å²) in [7, 11) is 0. The molecule has 1 fully saturated rings. The lowest BCUT2D eigenvalue weighted by molar-refractivity contribution is 0.178. The third-order valence-corrected chi connectivity index (χ3v) is 3.09. The maximum Gasteiger partial charge on any atom is 0.148 e. The number of nitrogens with two attached hydrogens (primary N) is 1. The van der Waals surface area contributed by atoms with E-state index in [4.69, 9.17) is 5.73 Å². The van der Waals surface area contributed by atoms with Crippen LogP contribution in [0.3, 0.4) is 0 Å². The standard InChI is InChI=1S/C12H17FN2O/c13-11-6-9(14)2-4-12(11)15-7-8-1-3-10(16)5-8/h2,4,6,8,10,15-16H,1,3,5,7,14H2. The fourth-order valence-corrected chi connectivity index (χ4v) is 2.16. The maximum atomic E-state index is 13.4. The molecule has 88 valence electrons. The van der Waals surface area contributed by atoms with Crippen molar-refractivity contribution < 1.29 is 9.50 Å². The van der Waals surface area contributed by atoms with Crippen molar-refractivity contribution in [3.05, 3.63) is 24.0 Å². The normalized spacial score (nSPS) is 24.6. The highest BCUT2D eigenvalue weighted by Gasteiger charge is 2.22. The average Bonchev–Trinajstić information content (AvgIpc) is 2.63.